The van der Waals surface area contributed by atoms with Gasteiger partial charge in [-0.05, 0) is 18.6 Å². The zero-order valence-corrected chi connectivity index (χ0v) is 10.2. The van der Waals surface area contributed by atoms with Crippen LogP contribution in [0.2, 0.25) is 0 Å². The molecule has 2 rings (SSSR count). The minimum atomic E-state index is 0. The zero-order chi connectivity index (χ0) is 11.4. The standard InChI is InChI=1S/C11H13N3O2.ClH/c1-14-8-12-6-9(14)2-3-10-4-5-11(16-10)7-13-15;/h4-8,15H,2-3H2,1H3;1H/b13-7-;. The van der Waals surface area contributed by atoms with Gasteiger partial charge >= 0.3 is 0 Å². The van der Waals surface area contributed by atoms with E-state index >= 15 is 0 Å². The van der Waals surface area contributed by atoms with Crippen LogP contribution in [-0.4, -0.2) is 21.0 Å². The highest BCUT2D eigenvalue weighted by Crippen LogP contribution is 2.09. The summed E-state index contributed by atoms with van der Waals surface area (Å²) in [4.78, 5) is 4.05. The van der Waals surface area contributed by atoms with Gasteiger partial charge in [-0.25, -0.2) is 4.98 Å². The van der Waals surface area contributed by atoms with Crippen LogP contribution in [0.5, 0.6) is 0 Å². The fourth-order valence-corrected chi connectivity index (χ4v) is 1.53. The second-order valence-corrected chi connectivity index (χ2v) is 3.54. The molecule has 0 radical (unpaired) electrons. The van der Waals surface area contributed by atoms with Crippen LogP contribution in [0.15, 0.2) is 34.2 Å². The summed E-state index contributed by atoms with van der Waals surface area (Å²) >= 11 is 0. The van der Waals surface area contributed by atoms with Crippen LogP contribution in [0.4, 0.5) is 0 Å². The summed E-state index contributed by atoms with van der Waals surface area (Å²) in [7, 11) is 1.97. The molecule has 2 heterocycles. The van der Waals surface area contributed by atoms with Gasteiger partial charge < -0.3 is 14.2 Å². The third-order valence-electron chi connectivity index (χ3n) is 2.41. The smallest absolute Gasteiger partial charge is 0.148 e. The first-order valence-electron chi connectivity index (χ1n) is 5.01. The number of hydrogen-bond acceptors (Lipinski definition) is 4. The van der Waals surface area contributed by atoms with Crippen LogP contribution in [0.25, 0.3) is 0 Å². The maximum Gasteiger partial charge on any atom is 0.148 e. The van der Waals surface area contributed by atoms with Crippen molar-refractivity contribution in [1.29, 1.82) is 0 Å². The number of furan rings is 1. The fourth-order valence-electron chi connectivity index (χ4n) is 1.53. The van der Waals surface area contributed by atoms with Gasteiger partial charge in [-0.1, -0.05) is 5.16 Å². The van der Waals surface area contributed by atoms with E-state index in [1.807, 2.05) is 23.9 Å². The van der Waals surface area contributed by atoms with E-state index in [4.69, 9.17) is 9.62 Å². The Balaban J connectivity index is 0.00000144. The van der Waals surface area contributed by atoms with Gasteiger partial charge in [0.15, 0.2) is 0 Å². The first-order chi connectivity index (χ1) is 7.79. The molecule has 0 aromatic carbocycles. The van der Waals surface area contributed by atoms with Gasteiger partial charge in [0.25, 0.3) is 0 Å². The molecule has 0 saturated carbocycles. The molecule has 0 amide bonds. The van der Waals surface area contributed by atoms with E-state index in [9.17, 15) is 0 Å². The molecule has 6 heteroatoms. The van der Waals surface area contributed by atoms with E-state index in [1.165, 1.54) is 6.21 Å². The van der Waals surface area contributed by atoms with Crippen molar-refractivity contribution >= 4 is 18.6 Å². The molecule has 0 unspecified atom stereocenters. The molecule has 2 aromatic rings. The summed E-state index contributed by atoms with van der Waals surface area (Å²) in [5.41, 5.74) is 1.16. The zero-order valence-electron chi connectivity index (χ0n) is 9.41. The van der Waals surface area contributed by atoms with Crippen LogP contribution in [0.3, 0.4) is 0 Å². The molecule has 2 aromatic heterocycles. The quantitative estimate of drug-likeness (QED) is 0.517. The second kappa shape index (κ2) is 6.10. The normalized spacial score (nSPS) is 10.6. The maximum atomic E-state index is 8.34. The molecular formula is C11H14ClN3O2. The van der Waals surface area contributed by atoms with Gasteiger partial charge in [0.2, 0.25) is 0 Å². The molecule has 0 aliphatic carbocycles. The summed E-state index contributed by atoms with van der Waals surface area (Å²) in [5.74, 6) is 1.43. The average molecular weight is 256 g/mol. The first-order valence-corrected chi connectivity index (χ1v) is 5.01. The van der Waals surface area contributed by atoms with Gasteiger partial charge in [0.05, 0.1) is 6.33 Å². The van der Waals surface area contributed by atoms with E-state index in [2.05, 4.69) is 10.1 Å². The third-order valence-corrected chi connectivity index (χ3v) is 2.41. The summed E-state index contributed by atoms with van der Waals surface area (Å²) in [6.45, 7) is 0. The molecule has 17 heavy (non-hydrogen) atoms. The molecule has 0 spiro atoms. The van der Waals surface area contributed by atoms with Crippen molar-refractivity contribution < 1.29 is 9.62 Å². The van der Waals surface area contributed by atoms with Gasteiger partial charge in [0, 0.05) is 25.4 Å². The minimum absolute atomic E-state index is 0. The number of imidazole rings is 1. The lowest BCUT2D eigenvalue weighted by molar-refractivity contribution is 0.320. The highest BCUT2D eigenvalue weighted by molar-refractivity contribution is 5.85. The largest absolute Gasteiger partial charge is 0.460 e. The van der Waals surface area contributed by atoms with Gasteiger partial charge in [-0.15, -0.1) is 12.4 Å². The number of oxime groups is 1. The lowest BCUT2D eigenvalue weighted by atomic mass is 10.2. The second-order valence-electron chi connectivity index (χ2n) is 3.54. The van der Waals surface area contributed by atoms with Crippen LogP contribution < -0.4 is 0 Å². The molecule has 1 N–H and O–H groups in total. The lowest BCUT2D eigenvalue weighted by Crippen LogP contribution is -1.96. The van der Waals surface area contributed by atoms with Crippen LogP contribution >= 0.6 is 12.4 Å². The summed E-state index contributed by atoms with van der Waals surface area (Å²) in [6.07, 6.45) is 6.58. The lowest BCUT2D eigenvalue weighted by Gasteiger charge is -1.99. The number of halogens is 1. The predicted molar refractivity (Wildman–Crippen MR) is 66.0 cm³/mol. The molecule has 0 fully saturated rings. The Morgan fingerprint density at radius 2 is 2.29 bits per heavy atom. The molecule has 5 nitrogen and oxygen atoms in total. The van der Waals surface area contributed by atoms with E-state index < -0.39 is 0 Å². The van der Waals surface area contributed by atoms with Crippen LogP contribution in [-0.2, 0) is 19.9 Å². The Morgan fingerprint density at radius 3 is 2.94 bits per heavy atom. The van der Waals surface area contributed by atoms with Crippen LogP contribution in [0.1, 0.15) is 17.2 Å². The SMILES string of the molecule is Cl.Cn1cncc1CCc1ccc(/C=N\O)o1. The van der Waals surface area contributed by atoms with Crippen molar-refractivity contribution in [2.24, 2.45) is 12.2 Å². The van der Waals surface area contributed by atoms with E-state index in [0.717, 1.165) is 24.3 Å². The Bertz CT molecular complexity index is 490. The van der Waals surface area contributed by atoms with E-state index in [-0.39, 0.29) is 12.4 Å². The Labute approximate surface area is 105 Å². The Hall–Kier alpha value is -1.75. The Morgan fingerprint density at radius 1 is 1.47 bits per heavy atom. The minimum Gasteiger partial charge on any atom is -0.460 e. The number of rotatable bonds is 4. The number of aromatic nitrogens is 2. The third kappa shape index (κ3) is 3.35. The van der Waals surface area contributed by atoms with Gasteiger partial charge in [-0.2, -0.15) is 0 Å². The topological polar surface area (TPSA) is 63.5 Å². The first kappa shape index (κ1) is 13.3. The van der Waals surface area contributed by atoms with Crippen molar-refractivity contribution in [3.05, 3.63) is 41.9 Å². The molecule has 0 aliphatic heterocycles. The van der Waals surface area contributed by atoms with Crippen molar-refractivity contribution in [3.63, 3.8) is 0 Å². The number of hydrogen-bond donors (Lipinski definition) is 1. The Kier molecular flexibility index (Phi) is 4.78. The van der Waals surface area contributed by atoms with Crippen molar-refractivity contribution in [2.75, 3.05) is 0 Å². The number of aryl methyl sites for hydroxylation is 3. The highest BCUT2D eigenvalue weighted by Gasteiger charge is 2.03. The average Bonchev–Trinajstić information content (AvgIpc) is 2.86. The maximum absolute atomic E-state index is 8.34. The van der Waals surface area contributed by atoms with Crippen molar-refractivity contribution in [2.45, 2.75) is 12.8 Å². The summed E-state index contributed by atoms with van der Waals surface area (Å²) < 4.78 is 7.41. The van der Waals surface area contributed by atoms with Crippen molar-refractivity contribution in [1.82, 2.24) is 9.55 Å². The molecule has 0 bridgehead atoms. The van der Waals surface area contributed by atoms with Crippen LogP contribution in [0, 0.1) is 0 Å². The fraction of sp³-hybridized carbons (Fsp3) is 0.273. The monoisotopic (exact) mass is 255 g/mol. The molecule has 92 valence electrons. The molecule has 0 atom stereocenters. The predicted octanol–water partition coefficient (Wildman–Crippen LogP) is 2.03. The highest BCUT2D eigenvalue weighted by atomic mass is 35.5. The van der Waals surface area contributed by atoms with Gasteiger partial charge in [0.1, 0.15) is 17.7 Å². The van der Waals surface area contributed by atoms with E-state index in [0.29, 0.717) is 5.76 Å². The molecule has 0 aliphatic rings. The molecule has 0 saturated heterocycles. The number of nitrogens with zero attached hydrogens (tertiary/aromatic N) is 3. The summed E-state index contributed by atoms with van der Waals surface area (Å²) in [5, 5.41) is 11.3. The summed E-state index contributed by atoms with van der Waals surface area (Å²) in [6, 6.07) is 3.66. The molecular weight excluding hydrogens is 242 g/mol. The van der Waals surface area contributed by atoms with Crippen molar-refractivity contribution in [3.8, 4) is 0 Å². The van der Waals surface area contributed by atoms with E-state index in [1.54, 1.807) is 12.4 Å². The van der Waals surface area contributed by atoms with Gasteiger partial charge in [-0.3, -0.25) is 0 Å².